The highest BCUT2D eigenvalue weighted by Gasteiger charge is 2.51. The van der Waals surface area contributed by atoms with Crippen LogP contribution in [0.4, 0.5) is 0 Å². The zero-order valence-electron chi connectivity index (χ0n) is 13.2. The molecule has 4 aliphatic rings. The van der Waals surface area contributed by atoms with Crippen molar-refractivity contribution in [2.45, 2.75) is 38.5 Å². The minimum absolute atomic E-state index is 0.0707. The Kier molecular flexibility index (Phi) is 3.48. The van der Waals surface area contributed by atoms with E-state index in [0.717, 1.165) is 24.3 Å². The molecule has 0 spiro atoms. The number of halogens is 1. The molecule has 2 nitrogen and oxygen atoms in total. The van der Waals surface area contributed by atoms with E-state index in [2.05, 4.69) is 0 Å². The summed E-state index contributed by atoms with van der Waals surface area (Å²) in [6.07, 6.45) is 8.34. The van der Waals surface area contributed by atoms with Crippen LogP contribution >= 0.6 is 11.6 Å². The highest BCUT2D eigenvalue weighted by Crippen LogP contribution is 2.60. The summed E-state index contributed by atoms with van der Waals surface area (Å²) in [6, 6.07) is 7.39. The third-order valence-corrected chi connectivity index (χ3v) is 6.52. The van der Waals surface area contributed by atoms with Gasteiger partial charge in [-0.1, -0.05) is 23.7 Å². The summed E-state index contributed by atoms with van der Waals surface area (Å²) in [7, 11) is 1.95. The van der Waals surface area contributed by atoms with Gasteiger partial charge in [-0.2, -0.15) is 0 Å². The molecule has 0 heterocycles. The summed E-state index contributed by atoms with van der Waals surface area (Å²) in [5.74, 6) is 2.85. The van der Waals surface area contributed by atoms with Gasteiger partial charge in [-0.15, -0.1) is 0 Å². The van der Waals surface area contributed by atoms with Gasteiger partial charge in [0.2, 0.25) is 0 Å². The van der Waals surface area contributed by atoms with Crippen molar-refractivity contribution in [1.29, 1.82) is 0 Å². The number of amides is 1. The van der Waals surface area contributed by atoms with Crippen LogP contribution in [0, 0.1) is 23.2 Å². The summed E-state index contributed by atoms with van der Waals surface area (Å²) in [4.78, 5) is 14.7. The lowest BCUT2D eigenvalue weighted by atomic mass is 9.49. The molecule has 0 aromatic heterocycles. The average molecular weight is 318 g/mol. The molecule has 118 valence electrons. The second-order valence-electron chi connectivity index (χ2n) is 8.06. The van der Waals surface area contributed by atoms with E-state index in [9.17, 15) is 4.79 Å². The topological polar surface area (TPSA) is 20.3 Å². The monoisotopic (exact) mass is 317 g/mol. The number of hydrogen-bond acceptors (Lipinski definition) is 1. The first-order chi connectivity index (χ1) is 10.5. The fourth-order valence-corrected chi connectivity index (χ4v) is 6.12. The normalized spacial score (nSPS) is 35.6. The maximum absolute atomic E-state index is 12.7. The molecule has 1 aromatic carbocycles. The van der Waals surface area contributed by atoms with E-state index in [1.54, 1.807) is 6.07 Å². The van der Waals surface area contributed by atoms with Crippen LogP contribution in [0.1, 0.15) is 48.9 Å². The van der Waals surface area contributed by atoms with Crippen LogP contribution in [0.2, 0.25) is 5.02 Å². The van der Waals surface area contributed by atoms with Crippen molar-refractivity contribution in [1.82, 2.24) is 4.90 Å². The number of rotatable bonds is 3. The van der Waals surface area contributed by atoms with Crippen molar-refractivity contribution in [3.63, 3.8) is 0 Å². The first-order valence-corrected chi connectivity index (χ1v) is 8.92. The molecule has 4 aliphatic carbocycles. The molecular weight excluding hydrogens is 294 g/mol. The lowest BCUT2D eigenvalue weighted by Crippen LogP contribution is -2.51. The zero-order valence-corrected chi connectivity index (χ0v) is 14.0. The smallest absolute Gasteiger partial charge is 0.255 e. The Bertz CT molecular complexity index is 562. The first-order valence-electron chi connectivity index (χ1n) is 8.55. The van der Waals surface area contributed by atoms with Crippen LogP contribution in [0.15, 0.2) is 24.3 Å². The summed E-state index contributed by atoms with van der Waals surface area (Å²) >= 11 is 6.19. The molecule has 1 aromatic rings. The molecule has 4 fully saturated rings. The third kappa shape index (κ3) is 2.46. The summed E-state index contributed by atoms with van der Waals surface area (Å²) in [6.45, 7) is 0.903. The predicted molar refractivity (Wildman–Crippen MR) is 89.0 cm³/mol. The van der Waals surface area contributed by atoms with E-state index in [4.69, 9.17) is 11.6 Å². The largest absolute Gasteiger partial charge is 0.341 e. The van der Waals surface area contributed by atoms with Gasteiger partial charge in [0.05, 0.1) is 10.6 Å². The molecule has 0 saturated heterocycles. The zero-order chi connectivity index (χ0) is 15.3. The van der Waals surface area contributed by atoms with Crippen LogP contribution in [0.3, 0.4) is 0 Å². The molecule has 0 atom stereocenters. The van der Waals surface area contributed by atoms with Crippen molar-refractivity contribution in [3.8, 4) is 0 Å². The SMILES string of the molecule is CN(CC12CC3CC(CC(C3)C1)C2)C(=O)c1ccccc1Cl. The lowest BCUT2D eigenvalue weighted by Gasteiger charge is -2.57. The van der Waals surface area contributed by atoms with Gasteiger partial charge >= 0.3 is 0 Å². The van der Waals surface area contributed by atoms with Crippen LogP contribution < -0.4 is 0 Å². The fourth-order valence-electron chi connectivity index (χ4n) is 5.90. The summed E-state index contributed by atoms with van der Waals surface area (Å²) in [5.41, 5.74) is 1.02. The van der Waals surface area contributed by atoms with Gasteiger partial charge in [0.25, 0.3) is 5.91 Å². The van der Waals surface area contributed by atoms with E-state index in [1.807, 2.05) is 30.1 Å². The van der Waals surface area contributed by atoms with Gasteiger partial charge in [0, 0.05) is 13.6 Å². The lowest BCUT2D eigenvalue weighted by molar-refractivity contribution is -0.0629. The molecule has 0 radical (unpaired) electrons. The molecule has 1 amide bonds. The Morgan fingerprint density at radius 3 is 2.23 bits per heavy atom. The van der Waals surface area contributed by atoms with Gasteiger partial charge in [-0.25, -0.2) is 0 Å². The molecule has 22 heavy (non-hydrogen) atoms. The molecule has 4 bridgehead atoms. The van der Waals surface area contributed by atoms with Gasteiger partial charge in [0.15, 0.2) is 0 Å². The quantitative estimate of drug-likeness (QED) is 0.796. The van der Waals surface area contributed by atoms with E-state index in [1.165, 1.54) is 38.5 Å². The van der Waals surface area contributed by atoms with Gasteiger partial charge in [0.1, 0.15) is 0 Å². The highest BCUT2D eigenvalue weighted by molar-refractivity contribution is 6.33. The molecular formula is C19H24ClNO. The maximum Gasteiger partial charge on any atom is 0.255 e. The number of carbonyl (C=O) groups is 1. The van der Waals surface area contributed by atoms with Crippen LogP contribution in [0.5, 0.6) is 0 Å². The Labute approximate surface area is 137 Å². The number of nitrogens with zero attached hydrogens (tertiary/aromatic N) is 1. The Balaban J connectivity index is 1.51. The van der Waals surface area contributed by atoms with Crippen molar-refractivity contribution < 1.29 is 4.79 Å². The van der Waals surface area contributed by atoms with Crippen LogP contribution in [-0.4, -0.2) is 24.4 Å². The van der Waals surface area contributed by atoms with E-state index < -0.39 is 0 Å². The van der Waals surface area contributed by atoms with Crippen molar-refractivity contribution in [2.75, 3.05) is 13.6 Å². The summed E-state index contributed by atoms with van der Waals surface area (Å²) in [5, 5.41) is 0.560. The van der Waals surface area contributed by atoms with Gasteiger partial charge in [-0.05, 0) is 73.8 Å². The molecule has 5 rings (SSSR count). The van der Waals surface area contributed by atoms with Crippen molar-refractivity contribution in [2.24, 2.45) is 23.2 Å². The van der Waals surface area contributed by atoms with Gasteiger partial charge in [-0.3, -0.25) is 4.79 Å². The molecule has 3 heteroatoms. The number of hydrogen-bond donors (Lipinski definition) is 0. The average Bonchev–Trinajstić information content (AvgIpc) is 2.45. The molecule has 4 saturated carbocycles. The Morgan fingerprint density at radius 2 is 1.68 bits per heavy atom. The third-order valence-electron chi connectivity index (χ3n) is 6.19. The van der Waals surface area contributed by atoms with Crippen molar-refractivity contribution in [3.05, 3.63) is 34.9 Å². The van der Waals surface area contributed by atoms with Crippen LogP contribution in [0.25, 0.3) is 0 Å². The number of carbonyl (C=O) groups excluding carboxylic acids is 1. The molecule has 0 aliphatic heterocycles. The summed E-state index contributed by atoms with van der Waals surface area (Å²) < 4.78 is 0. The van der Waals surface area contributed by atoms with E-state index in [-0.39, 0.29) is 5.91 Å². The maximum atomic E-state index is 12.7. The van der Waals surface area contributed by atoms with Gasteiger partial charge < -0.3 is 4.90 Å². The number of benzene rings is 1. The minimum Gasteiger partial charge on any atom is -0.341 e. The molecule has 0 N–H and O–H groups in total. The predicted octanol–water partition coefficient (Wildman–Crippen LogP) is 4.63. The van der Waals surface area contributed by atoms with Crippen molar-refractivity contribution >= 4 is 17.5 Å². The Hall–Kier alpha value is -1.02. The van der Waals surface area contributed by atoms with E-state index >= 15 is 0 Å². The first kappa shape index (κ1) is 14.6. The minimum atomic E-state index is 0.0707. The standard InChI is InChI=1S/C19H24ClNO/c1-21(18(22)16-4-2-3-5-17(16)20)12-19-9-13-6-14(10-19)8-15(7-13)11-19/h2-5,13-15H,6-12H2,1H3. The molecule has 0 unspecified atom stereocenters. The highest BCUT2D eigenvalue weighted by atomic mass is 35.5. The Morgan fingerprint density at radius 1 is 1.14 bits per heavy atom. The fraction of sp³-hybridized carbons (Fsp3) is 0.632. The van der Waals surface area contributed by atoms with Crippen LogP contribution in [-0.2, 0) is 0 Å². The second-order valence-corrected chi connectivity index (χ2v) is 8.47. The van der Waals surface area contributed by atoms with E-state index in [0.29, 0.717) is 16.0 Å². The second kappa shape index (κ2) is 5.26.